The van der Waals surface area contributed by atoms with Gasteiger partial charge in [0.1, 0.15) is 11.9 Å². The summed E-state index contributed by atoms with van der Waals surface area (Å²) in [5.74, 6) is 0.845. The van der Waals surface area contributed by atoms with Gasteiger partial charge in [-0.3, -0.25) is 4.79 Å². The number of aromatic nitrogens is 1. The Hall–Kier alpha value is -1.88. The first-order valence-corrected chi connectivity index (χ1v) is 7.82. The molecule has 5 heteroatoms. The smallest absolute Gasteiger partial charge is 0.249 e. The summed E-state index contributed by atoms with van der Waals surface area (Å²) in [6, 6.07) is 3.97. The van der Waals surface area contributed by atoms with Crippen molar-refractivity contribution >= 4 is 11.7 Å². The van der Waals surface area contributed by atoms with Crippen LogP contribution < -0.4 is 10.2 Å². The minimum absolute atomic E-state index is 0.114. The molecule has 1 heterocycles. The number of nitrogens with zero attached hydrogens (tertiary/aromatic N) is 2. The second-order valence-electron chi connectivity index (χ2n) is 5.01. The predicted octanol–water partition coefficient (Wildman–Crippen LogP) is 2.53. The molecule has 122 valence electrons. The summed E-state index contributed by atoms with van der Waals surface area (Å²) in [4.78, 5) is 18.5. The van der Waals surface area contributed by atoms with Crippen LogP contribution in [0.15, 0.2) is 31.0 Å². The predicted molar refractivity (Wildman–Crippen MR) is 89.9 cm³/mol. The van der Waals surface area contributed by atoms with Crippen LogP contribution in [-0.4, -0.2) is 36.7 Å². The molecule has 0 radical (unpaired) electrons. The highest BCUT2D eigenvalue weighted by atomic mass is 16.5. The van der Waals surface area contributed by atoms with Crippen molar-refractivity contribution < 1.29 is 9.53 Å². The zero-order chi connectivity index (χ0) is 16.4. The third-order valence-electron chi connectivity index (χ3n) is 3.42. The zero-order valence-corrected chi connectivity index (χ0v) is 13.8. The molecule has 1 aromatic rings. The Morgan fingerprint density at radius 2 is 2.18 bits per heavy atom. The molecule has 0 aliphatic rings. The van der Waals surface area contributed by atoms with Crippen molar-refractivity contribution in [1.82, 2.24) is 10.3 Å². The first-order chi connectivity index (χ1) is 10.6. The summed E-state index contributed by atoms with van der Waals surface area (Å²) in [6.07, 6.45) is 3.86. The van der Waals surface area contributed by atoms with Gasteiger partial charge in [0.2, 0.25) is 5.91 Å². The number of hydrogen-bond donors (Lipinski definition) is 1. The van der Waals surface area contributed by atoms with E-state index in [0.29, 0.717) is 13.2 Å². The first-order valence-electron chi connectivity index (χ1n) is 7.82. The molecular formula is C17H27N3O2. The fourth-order valence-corrected chi connectivity index (χ4v) is 1.99. The van der Waals surface area contributed by atoms with Crippen molar-refractivity contribution in [3.8, 4) is 0 Å². The SMILES string of the molecule is C=CCCOC(C)C(=O)NCc1ccc(N(CC)CC)nc1. The van der Waals surface area contributed by atoms with Crippen LogP contribution in [-0.2, 0) is 16.1 Å². The van der Waals surface area contributed by atoms with Gasteiger partial charge in [-0.05, 0) is 38.8 Å². The highest BCUT2D eigenvalue weighted by Crippen LogP contribution is 2.10. The third kappa shape index (κ3) is 5.85. The van der Waals surface area contributed by atoms with E-state index in [0.717, 1.165) is 30.9 Å². The average Bonchev–Trinajstić information content (AvgIpc) is 2.55. The molecule has 0 aliphatic carbocycles. The van der Waals surface area contributed by atoms with Crippen LogP contribution in [0, 0.1) is 0 Å². The van der Waals surface area contributed by atoms with Gasteiger partial charge in [0.15, 0.2) is 0 Å². The van der Waals surface area contributed by atoms with E-state index in [9.17, 15) is 4.79 Å². The van der Waals surface area contributed by atoms with Crippen molar-refractivity contribution in [1.29, 1.82) is 0 Å². The molecule has 1 aromatic heterocycles. The van der Waals surface area contributed by atoms with Gasteiger partial charge < -0.3 is 15.0 Å². The molecule has 1 unspecified atom stereocenters. The normalized spacial score (nSPS) is 11.8. The summed E-state index contributed by atoms with van der Waals surface area (Å²) in [5.41, 5.74) is 0.975. The highest BCUT2D eigenvalue weighted by molar-refractivity contribution is 5.80. The minimum atomic E-state index is -0.456. The van der Waals surface area contributed by atoms with Crippen LogP contribution in [0.3, 0.4) is 0 Å². The summed E-state index contributed by atoms with van der Waals surface area (Å²) in [5, 5.41) is 2.86. The second-order valence-corrected chi connectivity index (χ2v) is 5.01. The number of hydrogen-bond acceptors (Lipinski definition) is 4. The Labute approximate surface area is 133 Å². The molecule has 1 atom stereocenters. The molecule has 1 rings (SSSR count). The van der Waals surface area contributed by atoms with E-state index in [4.69, 9.17) is 4.74 Å². The lowest BCUT2D eigenvalue weighted by Crippen LogP contribution is -2.34. The van der Waals surface area contributed by atoms with Gasteiger partial charge in [0.25, 0.3) is 0 Å². The fourth-order valence-electron chi connectivity index (χ4n) is 1.99. The summed E-state index contributed by atoms with van der Waals surface area (Å²) >= 11 is 0. The van der Waals surface area contributed by atoms with Crippen LogP contribution in [0.1, 0.15) is 32.8 Å². The Balaban J connectivity index is 2.44. The molecule has 0 spiro atoms. The van der Waals surface area contributed by atoms with E-state index in [1.807, 2.05) is 12.1 Å². The van der Waals surface area contributed by atoms with Crippen molar-refractivity contribution in [3.05, 3.63) is 36.5 Å². The maximum atomic E-state index is 11.9. The number of anilines is 1. The van der Waals surface area contributed by atoms with Gasteiger partial charge in [-0.15, -0.1) is 6.58 Å². The van der Waals surface area contributed by atoms with E-state index < -0.39 is 6.10 Å². The summed E-state index contributed by atoms with van der Waals surface area (Å²) in [6.45, 7) is 12.4. The molecule has 0 saturated heterocycles. The molecular weight excluding hydrogens is 278 g/mol. The van der Waals surface area contributed by atoms with Gasteiger partial charge in [0, 0.05) is 25.8 Å². The van der Waals surface area contributed by atoms with Crippen molar-refractivity contribution in [2.24, 2.45) is 0 Å². The van der Waals surface area contributed by atoms with Crippen LogP contribution in [0.2, 0.25) is 0 Å². The Morgan fingerprint density at radius 3 is 2.73 bits per heavy atom. The van der Waals surface area contributed by atoms with E-state index in [1.165, 1.54) is 0 Å². The van der Waals surface area contributed by atoms with Crippen LogP contribution in [0.5, 0.6) is 0 Å². The number of nitrogens with one attached hydrogen (secondary N) is 1. The molecule has 0 aromatic carbocycles. The largest absolute Gasteiger partial charge is 0.368 e. The minimum Gasteiger partial charge on any atom is -0.368 e. The molecule has 22 heavy (non-hydrogen) atoms. The third-order valence-corrected chi connectivity index (χ3v) is 3.42. The monoisotopic (exact) mass is 305 g/mol. The Morgan fingerprint density at radius 1 is 1.45 bits per heavy atom. The molecule has 0 saturated carbocycles. The van der Waals surface area contributed by atoms with Crippen molar-refractivity contribution in [2.45, 2.75) is 39.8 Å². The molecule has 5 nitrogen and oxygen atoms in total. The summed E-state index contributed by atoms with van der Waals surface area (Å²) in [7, 11) is 0. The quantitative estimate of drug-likeness (QED) is 0.533. The lowest BCUT2D eigenvalue weighted by Gasteiger charge is -2.19. The van der Waals surface area contributed by atoms with Crippen LogP contribution in [0.4, 0.5) is 5.82 Å². The molecule has 1 N–H and O–H groups in total. The number of pyridine rings is 1. The molecule has 0 bridgehead atoms. The second kappa shape index (κ2) is 9.95. The van der Waals surface area contributed by atoms with Gasteiger partial charge >= 0.3 is 0 Å². The molecule has 0 fully saturated rings. The van der Waals surface area contributed by atoms with E-state index in [2.05, 4.69) is 35.6 Å². The first kappa shape index (κ1) is 18.2. The molecule has 0 aliphatic heterocycles. The van der Waals surface area contributed by atoms with Crippen molar-refractivity contribution in [2.75, 3.05) is 24.6 Å². The topological polar surface area (TPSA) is 54.5 Å². The van der Waals surface area contributed by atoms with Gasteiger partial charge in [0.05, 0.1) is 6.61 Å². The van der Waals surface area contributed by atoms with E-state index in [1.54, 1.807) is 19.2 Å². The molecule has 1 amide bonds. The number of rotatable bonds is 10. The van der Waals surface area contributed by atoms with Crippen molar-refractivity contribution in [3.63, 3.8) is 0 Å². The lowest BCUT2D eigenvalue weighted by molar-refractivity contribution is -0.131. The van der Waals surface area contributed by atoms with E-state index >= 15 is 0 Å². The lowest BCUT2D eigenvalue weighted by atomic mass is 10.2. The maximum Gasteiger partial charge on any atom is 0.249 e. The average molecular weight is 305 g/mol. The summed E-state index contributed by atoms with van der Waals surface area (Å²) < 4.78 is 5.41. The van der Waals surface area contributed by atoms with Crippen LogP contribution in [0.25, 0.3) is 0 Å². The Bertz CT molecular complexity index is 455. The van der Waals surface area contributed by atoms with Gasteiger partial charge in [-0.1, -0.05) is 12.1 Å². The maximum absolute atomic E-state index is 11.9. The van der Waals surface area contributed by atoms with Gasteiger partial charge in [-0.2, -0.15) is 0 Å². The number of carbonyl (C=O) groups excluding carboxylic acids is 1. The highest BCUT2D eigenvalue weighted by Gasteiger charge is 2.12. The van der Waals surface area contributed by atoms with Gasteiger partial charge in [-0.25, -0.2) is 4.98 Å². The Kier molecular flexibility index (Phi) is 8.22. The fraction of sp³-hybridized carbons (Fsp3) is 0.529. The zero-order valence-electron chi connectivity index (χ0n) is 13.8. The number of amides is 1. The standard InChI is InChI=1S/C17H27N3O2/c1-5-8-11-22-14(4)17(21)19-13-15-9-10-16(18-12-15)20(6-2)7-3/h5,9-10,12,14H,1,6-8,11,13H2,2-4H3,(H,19,21). The number of ether oxygens (including phenoxy) is 1. The van der Waals surface area contributed by atoms with Crippen LogP contribution >= 0.6 is 0 Å². The van der Waals surface area contributed by atoms with E-state index in [-0.39, 0.29) is 5.91 Å². The number of carbonyl (C=O) groups is 1.